The summed E-state index contributed by atoms with van der Waals surface area (Å²) in [6.07, 6.45) is 2.61. The SMILES string of the molecule is CC1CCN(Cc2ccc3oc(-c4ccccc4Br)nc3c2)CC1. The van der Waals surface area contributed by atoms with Crippen molar-refractivity contribution in [2.24, 2.45) is 5.92 Å². The minimum Gasteiger partial charge on any atom is -0.436 e. The van der Waals surface area contributed by atoms with Crippen molar-refractivity contribution < 1.29 is 4.42 Å². The molecule has 3 nitrogen and oxygen atoms in total. The number of hydrogen-bond acceptors (Lipinski definition) is 3. The van der Waals surface area contributed by atoms with Crippen LogP contribution in [0.25, 0.3) is 22.6 Å². The Balaban J connectivity index is 1.58. The van der Waals surface area contributed by atoms with Gasteiger partial charge in [-0.2, -0.15) is 0 Å². The van der Waals surface area contributed by atoms with Gasteiger partial charge < -0.3 is 4.42 Å². The van der Waals surface area contributed by atoms with Crippen molar-refractivity contribution in [1.29, 1.82) is 0 Å². The third-order valence-electron chi connectivity index (χ3n) is 4.84. The minimum atomic E-state index is 0.668. The van der Waals surface area contributed by atoms with Gasteiger partial charge in [0, 0.05) is 11.0 Å². The average molecular weight is 385 g/mol. The molecule has 1 aromatic heterocycles. The molecule has 2 heterocycles. The lowest BCUT2D eigenvalue weighted by Gasteiger charge is -2.30. The first-order valence-corrected chi connectivity index (χ1v) is 9.35. The smallest absolute Gasteiger partial charge is 0.228 e. The Morgan fingerprint density at radius 2 is 1.96 bits per heavy atom. The number of rotatable bonds is 3. The van der Waals surface area contributed by atoms with Crippen LogP contribution < -0.4 is 0 Å². The number of nitrogens with zero attached hydrogens (tertiary/aromatic N) is 2. The average Bonchev–Trinajstić information content (AvgIpc) is 3.00. The summed E-state index contributed by atoms with van der Waals surface area (Å²) in [4.78, 5) is 7.23. The second kappa shape index (κ2) is 6.69. The molecule has 0 atom stereocenters. The molecule has 0 N–H and O–H groups in total. The molecule has 0 spiro atoms. The highest BCUT2D eigenvalue weighted by Gasteiger charge is 2.16. The van der Waals surface area contributed by atoms with E-state index in [1.165, 1.54) is 31.5 Å². The number of halogens is 1. The first-order chi connectivity index (χ1) is 11.7. The van der Waals surface area contributed by atoms with E-state index in [9.17, 15) is 0 Å². The zero-order valence-electron chi connectivity index (χ0n) is 13.8. The monoisotopic (exact) mass is 384 g/mol. The third-order valence-corrected chi connectivity index (χ3v) is 5.53. The predicted octanol–water partition coefficient (Wildman–Crippen LogP) is 5.49. The second-order valence-corrected chi connectivity index (χ2v) is 7.61. The van der Waals surface area contributed by atoms with Gasteiger partial charge in [0.1, 0.15) is 5.52 Å². The molecule has 1 aliphatic rings. The molecule has 4 rings (SSSR count). The van der Waals surface area contributed by atoms with Crippen molar-refractivity contribution >= 4 is 27.0 Å². The van der Waals surface area contributed by atoms with Crippen LogP contribution in [0.4, 0.5) is 0 Å². The molecule has 1 saturated heterocycles. The van der Waals surface area contributed by atoms with E-state index in [4.69, 9.17) is 9.40 Å². The summed E-state index contributed by atoms with van der Waals surface area (Å²) in [5, 5.41) is 0. The van der Waals surface area contributed by atoms with E-state index < -0.39 is 0 Å². The minimum absolute atomic E-state index is 0.668. The van der Waals surface area contributed by atoms with Crippen LogP contribution in [0.15, 0.2) is 51.4 Å². The molecule has 0 amide bonds. The predicted molar refractivity (Wildman–Crippen MR) is 101 cm³/mol. The van der Waals surface area contributed by atoms with Crippen LogP contribution in [-0.2, 0) is 6.54 Å². The molecule has 2 aromatic carbocycles. The molecular formula is C20H21BrN2O. The molecule has 0 radical (unpaired) electrons. The van der Waals surface area contributed by atoms with Crippen LogP contribution in [0.5, 0.6) is 0 Å². The molecule has 0 bridgehead atoms. The van der Waals surface area contributed by atoms with E-state index in [1.807, 2.05) is 30.3 Å². The number of likely N-dealkylation sites (tertiary alicyclic amines) is 1. The number of hydrogen-bond donors (Lipinski definition) is 0. The Morgan fingerprint density at radius 1 is 1.17 bits per heavy atom. The zero-order chi connectivity index (χ0) is 16.5. The van der Waals surface area contributed by atoms with Gasteiger partial charge in [-0.15, -0.1) is 0 Å². The maximum atomic E-state index is 5.94. The maximum absolute atomic E-state index is 5.94. The highest BCUT2D eigenvalue weighted by Crippen LogP contribution is 2.30. The fraction of sp³-hybridized carbons (Fsp3) is 0.350. The Bertz CT molecular complexity index is 850. The van der Waals surface area contributed by atoms with E-state index in [2.05, 4.69) is 39.9 Å². The largest absolute Gasteiger partial charge is 0.436 e. The van der Waals surface area contributed by atoms with Crippen LogP contribution in [0.2, 0.25) is 0 Å². The summed E-state index contributed by atoms with van der Waals surface area (Å²) in [7, 11) is 0. The van der Waals surface area contributed by atoms with Crippen LogP contribution in [-0.4, -0.2) is 23.0 Å². The summed E-state index contributed by atoms with van der Waals surface area (Å²) < 4.78 is 6.94. The number of benzene rings is 2. The quantitative estimate of drug-likeness (QED) is 0.597. The van der Waals surface area contributed by atoms with Crippen LogP contribution in [0.1, 0.15) is 25.3 Å². The van der Waals surface area contributed by atoms with Gasteiger partial charge in [0.05, 0.1) is 5.56 Å². The van der Waals surface area contributed by atoms with Gasteiger partial charge in [0.25, 0.3) is 0 Å². The number of fused-ring (bicyclic) bond motifs is 1. The number of piperidine rings is 1. The molecule has 0 unspecified atom stereocenters. The Kier molecular flexibility index (Phi) is 4.42. The van der Waals surface area contributed by atoms with Crippen LogP contribution >= 0.6 is 15.9 Å². The lowest BCUT2D eigenvalue weighted by atomic mass is 9.99. The molecule has 1 aliphatic heterocycles. The number of oxazole rings is 1. The van der Waals surface area contributed by atoms with Gasteiger partial charge >= 0.3 is 0 Å². The first kappa shape index (κ1) is 15.9. The van der Waals surface area contributed by atoms with Crippen LogP contribution in [0, 0.1) is 5.92 Å². The Labute approximate surface area is 150 Å². The van der Waals surface area contributed by atoms with E-state index in [-0.39, 0.29) is 0 Å². The van der Waals surface area contributed by atoms with Crippen molar-refractivity contribution in [1.82, 2.24) is 9.88 Å². The fourth-order valence-corrected chi connectivity index (χ4v) is 3.75. The Hall–Kier alpha value is -1.65. The molecule has 1 fully saturated rings. The van der Waals surface area contributed by atoms with E-state index in [1.54, 1.807) is 0 Å². The number of aromatic nitrogens is 1. The van der Waals surface area contributed by atoms with Gasteiger partial charge in [0.15, 0.2) is 5.58 Å². The standard InChI is InChI=1S/C20H21BrN2O/c1-14-8-10-23(11-9-14)13-15-6-7-19-18(12-15)22-20(24-19)16-4-2-3-5-17(16)21/h2-7,12,14H,8-11,13H2,1H3. The second-order valence-electron chi connectivity index (χ2n) is 6.76. The van der Waals surface area contributed by atoms with Gasteiger partial charge in [-0.25, -0.2) is 4.98 Å². The molecule has 124 valence electrons. The van der Waals surface area contributed by atoms with Gasteiger partial charge in [-0.3, -0.25) is 4.90 Å². The maximum Gasteiger partial charge on any atom is 0.228 e. The highest BCUT2D eigenvalue weighted by atomic mass is 79.9. The lowest BCUT2D eigenvalue weighted by molar-refractivity contribution is 0.185. The molecule has 4 heteroatoms. The van der Waals surface area contributed by atoms with Crippen LogP contribution in [0.3, 0.4) is 0 Å². The topological polar surface area (TPSA) is 29.3 Å². The summed E-state index contributed by atoms with van der Waals surface area (Å²) in [5.74, 6) is 1.53. The van der Waals surface area contributed by atoms with E-state index >= 15 is 0 Å². The first-order valence-electron chi connectivity index (χ1n) is 8.56. The van der Waals surface area contributed by atoms with E-state index in [0.29, 0.717) is 5.89 Å². The fourth-order valence-electron chi connectivity index (χ4n) is 3.30. The summed E-state index contributed by atoms with van der Waals surface area (Å²) >= 11 is 3.57. The zero-order valence-corrected chi connectivity index (χ0v) is 15.4. The molecule has 24 heavy (non-hydrogen) atoms. The van der Waals surface area contributed by atoms with Crippen molar-refractivity contribution in [3.05, 3.63) is 52.5 Å². The van der Waals surface area contributed by atoms with Gasteiger partial charge in [-0.1, -0.05) is 25.1 Å². The molecule has 0 saturated carbocycles. The van der Waals surface area contributed by atoms with Crippen molar-refractivity contribution in [2.75, 3.05) is 13.1 Å². The van der Waals surface area contributed by atoms with E-state index in [0.717, 1.165) is 33.6 Å². The van der Waals surface area contributed by atoms with Gasteiger partial charge in [0.2, 0.25) is 5.89 Å². The Morgan fingerprint density at radius 3 is 2.75 bits per heavy atom. The third kappa shape index (κ3) is 3.26. The molecule has 3 aromatic rings. The van der Waals surface area contributed by atoms with Crippen molar-refractivity contribution in [3.63, 3.8) is 0 Å². The summed E-state index contributed by atoms with van der Waals surface area (Å²) in [6.45, 7) is 5.74. The van der Waals surface area contributed by atoms with Gasteiger partial charge in [-0.05, 0) is 77.6 Å². The van der Waals surface area contributed by atoms with Crippen molar-refractivity contribution in [3.8, 4) is 11.5 Å². The highest BCUT2D eigenvalue weighted by molar-refractivity contribution is 9.10. The normalized spacial score (nSPS) is 16.8. The van der Waals surface area contributed by atoms with Crippen molar-refractivity contribution in [2.45, 2.75) is 26.3 Å². The summed E-state index contributed by atoms with van der Waals surface area (Å²) in [5.41, 5.74) is 4.07. The molecule has 0 aliphatic carbocycles. The lowest BCUT2D eigenvalue weighted by Crippen LogP contribution is -2.32. The molecular weight excluding hydrogens is 364 g/mol. The summed E-state index contributed by atoms with van der Waals surface area (Å²) in [6, 6.07) is 14.4.